The molecule has 42 heavy (non-hydrogen) atoms. The molecule has 0 aliphatic rings. The molecule has 6 aromatic rings. The molecule has 0 radical (unpaired) electrons. The Morgan fingerprint density at radius 2 is 1.52 bits per heavy atom. The first-order valence-corrected chi connectivity index (χ1v) is 14.0. The van der Waals surface area contributed by atoms with E-state index in [9.17, 15) is 9.59 Å². The number of aryl methyl sites for hydroxylation is 1. The number of H-pyrrole nitrogens is 2. The van der Waals surface area contributed by atoms with Gasteiger partial charge in [-0.3, -0.25) is 14.3 Å². The number of aromatic amines is 2. The minimum atomic E-state index is -0.444. The van der Waals surface area contributed by atoms with Crippen LogP contribution in [0.1, 0.15) is 37.7 Å². The Bertz CT molecular complexity index is 1950. The van der Waals surface area contributed by atoms with E-state index < -0.39 is 5.69 Å². The molecule has 0 saturated heterocycles. The maximum absolute atomic E-state index is 13.8. The van der Waals surface area contributed by atoms with E-state index in [4.69, 9.17) is 4.98 Å². The second-order valence-corrected chi connectivity index (χ2v) is 11.6. The molecule has 3 aromatic heterocycles. The van der Waals surface area contributed by atoms with Crippen LogP contribution in [0.5, 0.6) is 0 Å². The molecule has 10 nitrogen and oxygen atoms in total. The van der Waals surface area contributed by atoms with Crippen molar-refractivity contribution in [1.29, 1.82) is 0 Å². The fraction of sp³-hybridized carbons (Fsp3) is 0.250. The molecule has 0 spiro atoms. The number of imidazole rings is 1. The topological polar surface area (TPSA) is 127 Å². The van der Waals surface area contributed by atoms with Crippen LogP contribution in [0.3, 0.4) is 0 Å². The number of fused-ring (bicyclic) bond motifs is 1. The molecule has 212 valence electrons. The Balaban J connectivity index is 1.38. The van der Waals surface area contributed by atoms with Gasteiger partial charge in [-0.2, -0.15) is 5.21 Å². The summed E-state index contributed by atoms with van der Waals surface area (Å²) in [5.74, 6) is 1.29. The van der Waals surface area contributed by atoms with Crippen LogP contribution in [0, 0.1) is 5.41 Å². The van der Waals surface area contributed by atoms with Gasteiger partial charge in [-0.25, -0.2) is 9.78 Å². The molecule has 0 aliphatic heterocycles. The van der Waals surface area contributed by atoms with Gasteiger partial charge in [0.1, 0.15) is 5.82 Å². The summed E-state index contributed by atoms with van der Waals surface area (Å²) in [6.07, 6.45) is 1.22. The Morgan fingerprint density at radius 1 is 0.810 bits per heavy atom. The lowest BCUT2D eigenvalue weighted by Crippen LogP contribution is -2.36. The minimum absolute atomic E-state index is 0.0749. The summed E-state index contributed by atoms with van der Waals surface area (Å²) in [6, 6.07) is 26.0. The molecule has 0 fully saturated rings. The molecule has 0 atom stereocenters. The first-order chi connectivity index (χ1) is 20.3. The van der Waals surface area contributed by atoms with E-state index >= 15 is 0 Å². The minimum Gasteiger partial charge on any atom is -0.318 e. The lowest BCUT2D eigenvalue weighted by molar-refractivity contribution is 0.394. The summed E-state index contributed by atoms with van der Waals surface area (Å²) in [5, 5.41) is 14.5. The van der Waals surface area contributed by atoms with Crippen molar-refractivity contribution in [1.82, 2.24) is 39.7 Å². The van der Waals surface area contributed by atoms with E-state index in [1.165, 1.54) is 4.57 Å². The quantitative estimate of drug-likeness (QED) is 0.280. The van der Waals surface area contributed by atoms with Crippen molar-refractivity contribution in [3.8, 4) is 22.5 Å². The van der Waals surface area contributed by atoms with Crippen molar-refractivity contribution in [3.63, 3.8) is 0 Å². The Hall–Kier alpha value is -5.12. The number of aromatic nitrogens is 8. The van der Waals surface area contributed by atoms with Crippen LogP contribution in [0.2, 0.25) is 0 Å². The summed E-state index contributed by atoms with van der Waals surface area (Å²) in [7, 11) is 0. The average molecular weight is 561 g/mol. The maximum atomic E-state index is 13.8. The van der Waals surface area contributed by atoms with Crippen LogP contribution in [-0.2, 0) is 25.9 Å². The van der Waals surface area contributed by atoms with Gasteiger partial charge in [-0.1, -0.05) is 99.6 Å². The van der Waals surface area contributed by atoms with Gasteiger partial charge in [-0.05, 0) is 39.3 Å². The zero-order valence-corrected chi connectivity index (χ0v) is 23.8. The highest BCUT2D eigenvalue weighted by Gasteiger charge is 2.22. The van der Waals surface area contributed by atoms with Gasteiger partial charge in [0.2, 0.25) is 5.82 Å². The lowest BCUT2D eigenvalue weighted by Gasteiger charge is -2.19. The predicted octanol–water partition coefficient (Wildman–Crippen LogP) is 4.61. The second-order valence-electron chi connectivity index (χ2n) is 11.6. The van der Waals surface area contributed by atoms with E-state index in [-0.39, 0.29) is 17.5 Å². The van der Waals surface area contributed by atoms with E-state index in [0.29, 0.717) is 36.4 Å². The fourth-order valence-electron chi connectivity index (χ4n) is 5.24. The van der Waals surface area contributed by atoms with Crippen molar-refractivity contribution in [2.75, 3.05) is 0 Å². The van der Waals surface area contributed by atoms with Gasteiger partial charge in [-0.15, -0.1) is 10.2 Å². The molecule has 0 bridgehead atoms. The van der Waals surface area contributed by atoms with Crippen molar-refractivity contribution in [3.05, 3.63) is 117 Å². The number of benzene rings is 3. The summed E-state index contributed by atoms with van der Waals surface area (Å²) >= 11 is 0. The molecule has 6 rings (SSSR count). The summed E-state index contributed by atoms with van der Waals surface area (Å²) in [4.78, 5) is 34.4. The van der Waals surface area contributed by atoms with Crippen molar-refractivity contribution >= 4 is 11.2 Å². The number of rotatable bonds is 8. The molecule has 3 aromatic carbocycles. The van der Waals surface area contributed by atoms with E-state index in [1.807, 2.05) is 59.2 Å². The number of nitrogens with one attached hydrogen (secondary N) is 2. The molecule has 3 heterocycles. The fourth-order valence-corrected chi connectivity index (χ4v) is 5.24. The number of hydrogen-bond donors (Lipinski definition) is 2. The highest BCUT2D eigenvalue weighted by Crippen LogP contribution is 2.30. The molecule has 0 amide bonds. The van der Waals surface area contributed by atoms with Gasteiger partial charge in [0.25, 0.3) is 5.56 Å². The zero-order valence-electron chi connectivity index (χ0n) is 23.8. The maximum Gasteiger partial charge on any atom is 0.330 e. The van der Waals surface area contributed by atoms with Crippen molar-refractivity contribution < 1.29 is 0 Å². The molecule has 0 saturated carbocycles. The first kappa shape index (κ1) is 27.1. The van der Waals surface area contributed by atoms with Gasteiger partial charge in [0, 0.05) is 25.1 Å². The van der Waals surface area contributed by atoms with Gasteiger partial charge in [0.05, 0.1) is 0 Å². The molecular formula is C32H32N8O2. The smallest absolute Gasteiger partial charge is 0.318 e. The summed E-state index contributed by atoms with van der Waals surface area (Å²) in [5.41, 5.74) is 4.84. The second kappa shape index (κ2) is 11.0. The lowest BCUT2D eigenvalue weighted by atomic mass is 9.92. The van der Waals surface area contributed by atoms with E-state index in [1.54, 1.807) is 0 Å². The predicted molar refractivity (Wildman–Crippen MR) is 162 cm³/mol. The largest absolute Gasteiger partial charge is 0.330 e. The first-order valence-electron chi connectivity index (χ1n) is 14.0. The van der Waals surface area contributed by atoms with E-state index in [0.717, 1.165) is 33.6 Å². The third kappa shape index (κ3) is 5.56. The van der Waals surface area contributed by atoms with Crippen LogP contribution < -0.4 is 11.2 Å². The Kier molecular flexibility index (Phi) is 7.12. The van der Waals surface area contributed by atoms with Crippen molar-refractivity contribution in [2.24, 2.45) is 5.41 Å². The SMILES string of the molecule is CC(C)(C)Cc1nc2[nH]c(=O)n(CCc3ccccc3)c(=O)c2n1Cc1ccc(-c2ccccc2-c2nn[nH]n2)cc1. The number of nitrogens with zero attached hydrogens (tertiary/aromatic N) is 6. The van der Waals surface area contributed by atoms with Crippen LogP contribution in [-0.4, -0.2) is 39.7 Å². The van der Waals surface area contributed by atoms with Gasteiger partial charge in [0.15, 0.2) is 11.2 Å². The van der Waals surface area contributed by atoms with Gasteiger partial charge < -0.3 is 4.57 Å². The van der Waals surface area contributed by atoms with Crippen LogP contribution in [0.4, 0.5) is 0 Å². The highest BCUT2D eigenvalue weighted by atomic mass is 16.2. The van der Waals surface area contributed by atoms with Crippen molar-refractivity contribution in [2.45, 2.75) is 46.7 Å². The van der Waals surface area contributed by atoms with Crippen LogP contribution in [0.15, 0.2) is 88.5 Å². The molecule has 10 heteroatoms. The Labute approximate surface area is 242 Å². The molecular weight excluding hydrogens is 528 g/mol. The molecule has 0 unspecified atom stereocenters. The highest BCUT2D eigenvalue weighted by molar-refractivity contribution is 5.80. The summed E-state index contributed by atoms with van der Waals surface area (Å²) in [6.45, 7) is 7.12. The summed E-state index contributed by atoms with van der Waals surface area (Å²) < 4.78 is 3.24. The third-order valence-electron chi connectivity index (χ3n) is 7.24. The number of hydrogen-bond acceptors (Lipinski definition) is 6. The normalized spacial score (nSPS) is 11.8. The van der Waals surface area contributed by atoms with Gasteiger partial charge >= 0.3 is 5.69 Å². The number of tetrazole rings is 1. The third-order valence-corrected chi connectivity index (χ3v) is 7.24. The monoisotopic (exact) mass is 560 g/mol. The Morgan fingerprint density at radius 3 is 2.21 bits per heavy atom. The molecule has 2 N–H and O–H groups in total. The zero-order chi connectivity index (χ0) is 29.3. The average Bonchev–Trinajstić information content (AvgIpc) is 3.62. The molecule has 0 aliphatic carbocycles. The van der Waals surface area contributed by atoms with Crippen LogP contribution >= 0.6 is 0 Å². The standard InChI is InChI=1S/C32H32N8O2/c1-32(2,3)19-26-33-29-27(30(41)39(31(42)34-29)18-17-21-9-5-4-6-10-21)40(26)20-22-13-15-23(16-14-22)24-11-7-8-12-25(24)28-35-37-38-36-28/h4-16H,17-20H2,1-3H3,(H,34,42)(H,35,36,37,38). The van der Waals surface area contributed by atoms with E-state index in [2.05, 4.69) is 70.6 Å². The van der Waals surface area contributed by atoms with Crippen LogP contribution in [0.25, 0.3) is 33.7 Å².